The van der Waals surface area contributed by atoms with Gasteiger partial charge in [0.15, 0.2) is 0 Å². The van der Waals surface area contributed by atoms with Gasteiger partial charge in [0.05, 0.1) is 0 Å². The van der Waals surface area contributed by atoms with Crippen LogP contribution in [0.2, 0.25) is 0 Å². The summed E-state index contributed by atoms with van der Waals surface area (Å²) in [5, 5.41) is 3.05. The predicted molar refractivity (Wildman–Crippen MR) is 67.1 cm³/mol. The molecular weight excluding hydrogens is 200 g/mol. The molecule has 3 N–H and O–H groups in total. The summed E-state index contributed by atoms with van der Waals surface area (Å²) in [7, 11) is 0. The Morgan fingerprint density at radius 1 is 1.38 bits per heavy atom. The van der Waals surface area contributed by atoms with E-state index in [2.05, 4.69) is 12.2 Å². The Bertz CT molecular complexity index is 220. The topological polar surface area (TPSA) is 55.1 Å². The van der Waals surface area contributed by atoms with Gasteiger partial charge in [-0.25, -0.2) is 0 Å². The Morgan fingerprint density at radius 3 is 2.56 bits per heavy atom. The van der Waals surface area contributed by atoms with Crippen LogP contribution in [0.1, 0.15) is 58.8 Å². The first-order valence-electron chi connectivity index (χ1n) is 6.54. The van der Waals surface area contributed by atoms with Gasteiger partial charge in [-0.3, -0.25) is 4.79 Å². The highest BCUT2D eigenvalue weighted by Crippen LogP contribution is 2.34. The van der Waals surface area contributed by atoms with E-state index in [4.69, 9.17) is 5.73 Å². The molecular formula is C13H26N2O. The summed E-state index contributed by atoms with van der Waals surface area (Å²) in [6.07, 6.45) is 7.82. The lowest BCUT2D eigenvalue weighted by Crippen LogP contribution is -2.37. The first-order chi connectivity index (χ1) is 7.52. The van der Waals surface area contributed by atoms with Gasteiger partial charge in [-0.1, -0.05) is 26.2 Å². The number of hydrogen-bond acceptors (Lipinski definition) is 2. The summed E-state index contributed by atoms with van der Waals surface area (Å²) in [4.78, 5) is 11.6. The maximum Gasteiger partial charge on any atom is 0.220 e. The van der Waals surface area contributed by atoms with Gasteiger partial charge < -0.3 is 11.1 Å². The molecule has 1 aliphatic carbocycles. The fourth-order valence-corrected chi connectivity index (χ4v) is 2.34. The SMILES string of the molecule is CC(N)CCC(=O)NCC1(C)CCCCC1. The third kappa shape index (κ3) is 4.97. The maximum absolute atomic E-state index is 11.6. The fraction of sp³-hybridized carbons (Fsp3) is 0.923. The van der Waals surface area contributed by atoms with E-state index >= 15 is 0 Å². The summed E-state index contributed by atoms with van der Waals surface area (Å²) in [6.45, 7) is 5.07. The van der Waals surface area contributed by atoms with E-state index in [0.29, 0.717) is 11.8 Å². The molecule has 0 saturated heterocycles. The van der Waals surface area contributed by atoms with Crippen molar-refractivity contribution in [2.45, 2.75) is 64.8 Å². The smallest absolute Gasteiger partial charge is 0.220 e. The van der Waals surface area contributed by atoms with Gasteiger partial charge in [-0.2, -0.15) is 0 Å². The second kappa shape index (κ2) is 6.24. The van der Waals surface area contributed by atoms with E-state index < -0.39 is 0 Å². The number of rotatable bonds is 5. The minimum absolute atomic E-state index is 0.121. The summed E-state index contributed by atoms with van der Waals surface area (Å²) in [5.74, 6) is 0.157. The first kappa shape index (κ1) is 13.5. The molecule has 0 aromatic rings. The third-order valence-electron chi connectivity index (χ3n) is 3.60. The second-order valence-electron chi connectivity index (χ2n) is 5.66. The van der Waals surface area contributed by atoms with E-state index in [1.54, 1.807) is 0 Å². The van der Waals surface area contributed by atoms with Crippen LogP contribution in [-0.2, 0) is 4.79 Å². The molecule has 3 nitrogen and oxygen atoms in total. The Labute approximate surface area is 99.2 Å². The zero-order chi connectivity index (χ0) is 12.0. The molecule has 0 spiro atoms. The normalized spacial score (nSPS) is 21.4. The monoisotopic (exact) mass is 226 g/mol. The van der Waals surface area contributed by atoms with Crippen LogP contribution in [0.4, 0.5) is 0 Å². The minimum atomic E-state index is 0.121. The molecule has 0 bridgehead atoms. The summed E-state index contributed by atoms with van der Waals surface area (Å²) in [5.41, 5.74) is 5.96. The Hall–Kier alpha value is -0.570. The van der Waals surface area contributed by atoms with Crippen molar-refractivity contribution >= 4 is 5.91 Å². The van der Waals surface area contributed by atoms with Crippen molar-refractivity contribution in [3.63, 3.8) is 0 Å². The lowest BCUT2D eigenvalue weighted by atomic mass is 9.76. The minimum Gasteiger partial charge on any atom is -0.356 e. The van der Waals surface area contributed by atoms with E-state index in [1.165, 1.54) is 32.1 Å². The largest absolute Gasteiger partial charge is 0.356 e. The second-order valence-corrected chi connectivity index (χ2v) is 5.66. The van der Waals surface area contributed by atoms with Crippen molar-refractivity contribution in [2.24, 2.45) is 11.1 Å². The van der Waals surface area contributed by atoms with Crippen LogP contribution in [0.25, 0.3) is 0 Å². The summed E-state index contributed by atoms with van der Waals surface area (Å²) >= 11 is 0. The fourth-order valence-electron chi connectivity index (χ4n) is 2.34. The number of nitrogens with two attached hydrogens (primary N) is 1. The van der Waals surface area contributed by atoms with Crippen LogP contribution in [0.15, 0.2) is 0 Å². The molecule has 0 aliphatic heterocycles. The maximum atomic E-state index is 11.6. The number of carbonyl (C=O) groups excluding carboxylic acids is 1. The lowest BCUT2D eigenvalue weighted by Gasteiger charge is -2.33. The average molecular weight is 226 g/mol. The quantitative estimate of drug-likeness (QED) is 0.755. The molecule has 16 heavy (non-hydrogen) atoms. The van der Waals surface area contributed by atoms with E-state index in [0.717, 1.165) is 13.0 Å². The van der Waals surface area contributed by atoms with Crippen LogP contribution in [0, 0.1) is 5.41 Å². The molecule has 94 valence electrons. The number of amides is 1. The highest BCUT2D eigenvalue weighted by atomic mass is 16.1. The predicted octanol–water partition coefficient (Wildman–Crippen LogP) is 2.20. The molecule has 1 aliphatic rings. The molecule has 0 aromatic heterocycles. The van der Waals surface area contributed by atoms with Gasteiger partial charge in [0.1, 0.15) is 0 Å². The van der Waals surface area contributed by atoms with Crippen LogP contribution < -0.4 is 11.1 Å². The first-order valence-corrected chi connectivity index (χ1v) is 6.54. The molecule has 0 aromatic carbocycles. The highest BCUT2D eigenvalue weighted by Gasteiger charge is 2.26. The summed E-state index contributed by atoms with van der Waals surface area (Å²) in [6, 6.07) is 0.121. The summed E-state index contributed by atoms with van der Waals surface area (Å²) < 4.78 is 0. The molecule has 1 saturated carbocycles. The Morgan fingerprint density at radius 2 is 2.00 bits per heavy atom. The molecule has 0 heterocycles. The molecule has 1 amide bonds. The van der Waals surface area contributed by atoms with Crippen molar-refractivity contribution in [2.75, 3.05) is 6.54 Å². The molecule has 1 fully saturated rings. The zero-order valence-electron chi connectivity index (χ0n) is 10.7. The Kier molecular flexibility index (Phi) is 5.26. The van der Waals surface area contributed by atoms with Crippen molar-refractivity contribution in [1.29, 1.82) is 0 Å². The van der Waals surface area contributed by atoms with Gasteiger partial charge in [-0.05, 0) is 31.6 Å². The van der Waals surface area contributed by atoms with E-state index in [1.807, 2.05) is 6.92 Å². The van der Waals surface area contributed by atoms with Crippen LogP contribution in [-0.4, -0.2) is 18.5 Å². The molecule has 1 atom stereocenters. The average Bonchev–Trinajstić information content (AvgIpc) is 2.25. The van der Waals surface area contributed by atoms with Crippen molar-refractivity contribution < 1.29 is 4.79 Å². The molecule has 0 radical (unpaired) electrons. The van der Waals surface area contributed by atoms with Crippen molar-refractivity contribution in [3.05, 3.63) is 0 Å². The van der Waals surface area contributed by atoms with Gasteiger partial charge in [0.2, 0.25) is 5.91 Å². The number of carbonyl (C=O) groups is 1. The van der Waals surface area contributed by atoms with Gasteiger partial charge in [0.25, 0.3) is 0 Å². The van der Waals surface area contributed by atoms with Gasteiger partial charge >= 0.3 is 0 Å². The van der Waals surface area contributed by atoms with Crippen LogP contribution in [0.5, 0.6) is 0 Å². The van der Waals surface area contributed by atoms with Crippen molar-refractivity contribution in [1.82, 2.24) is 5.32 Å². The van der Waals surface area contributed by atoms with Crippen LogP contribution in [0.3, 0.4) is 0 Å². The standard InChI is InChI=1S/C13H26N2O/c1-11(14)6-7-12(16)15-10-13(2)8-4-3-5-9-13/h11H,3-10,14H2,1-2H3,(H,15,16). The van der Waals surface area contributed by atoms with Crippen molar-refractivity contribution in [3.8, 4) is 0 Å². The Balaban J connectivity index is 2.19. The van der Waals surface area contributed by atoms with Crippen LogP contribution >= 0.6 is 0 Å². The molecule has 1 unspecified atom stereocenters. The van der Waals surface area contributed by atoms with E-state index in [-0.39, 0.29) is 11.9 Å². The lowest BCUT2D eigenvalue weighted by molar-refractivity contribution is -0.121. The number of hydrogen-bond donors (Lipinski definition) is 2. The van der Waals surface area contributed by atoms with Gasteiger partial charge in [0, 0.05) is 19.0 Å². The molecule has 1 rings (SSSR count). The molecule has 3 heteroatoms. The van der Waals surface area contributed by atoms with Gasteiger partial charge in [-0.15, -0.1) is 0 Å². The number of nitrogens with one attached hydrogen (secondary N) is 1. The highest BCUT2D eigenvalue weighted by molar-refractivity contribution is 5.75. The third-order valence-corrected chi connectivity index (χ3v) is 3.60. The zero-order valence-corrected chi connectivity index (χ0v) is 10.7. The van der Waals surface area contributed by atoms with E-state index in [9.17, 15) is 4.79 Å².